The van der Waals surface area contributed by atoms with Crippen molar-refractivity contribution in [2.24, 2.45) is 0 Å². The molecule has 1 aromatic carbocycles. The summed E-state index contributed by atoms with van der Waals surface area (Å²) in [7, 11) is 0. The Labute approximate surface area is 148 Å². The maximum Gasteiger partial charge on any atom is 0.341 e. The van der Waals surface area contributed by atoms with Gasteiger partial charge in [0.05, 0.1) is 0 Å². The minimum absolute atomic E-state index is 0. The molecule has 1 N–H and O–H groups in total. The molecule has 3 atom stereocenters. The maximum absolute atomic E-state index is 11.9. The number of fused-ring (bicyclic) bond motifs is 3. The van der Waals surface area contributed by atoms with Crippen LogP contribution in [-0.4, -0.2) is 36.9 Å². The van der Waals surface area contributed by atoms with Crippen molar-refractivity contribution in [2.75, 3.05) is 6.61 Å². The highest BCUT2D eigenvalue weighted by atomic mass is 35.5. The molecule has 0 amide bonds. The second-order valence-corrected chi connectivity index (χ2v) is 6.69. The van der Waals surface area contributed by atoms with Crippen LogP contribution in [0.15, 0.2) is 18.2 Å². The maximum atomic E-state index is 11.9. The minimum atomic E-state index is -0.487. The zero-order chi connectivity index (χ0) is 15.8. The lowest BCUT2D eigenvalue weighted by atomic mass is 10.0. The van der Waals surface area contributed by atoms with Crippen LogP contribution in [0.25, 0.3) is 0 Å². The molecule has 5 nitrogen and oxygen atoms in total. The van der Waals surface area contributed by atoms with Gasteiger partial charge in [-0.3, -0.25) is 0 Å². The van der Waals surface area contributed by atoms with E-state index in [1.165, 1.54) is 12.8 Å². The van der Waals surface area contributed by atoms with E-state index in [1.54, 1.807) is 0 Å². The molecule has 3 heterocycles. The van der Waals surface area contributed by atoms with E-state index in [1.807, 2.05) is 25.1 Å². The van der Waals surface area contributed by atoms with Gasteiger partial charge >= 0.3 is 5.97 Å². The number of hydrogen-bond donors (Lipinski definition) is 1. The first kappa shape index (κ1) is 17.5. The first-order valence-corrected chi connectivity index (χ1v) is 8.60. The van der Waals surface area contributed by atoms with E-state index >= 15 is 0 Å². The van der Waals surface area contributed by atoms with Gasteiger partial charge in [0.2, 0.25) is 0 Å². The van der Waals surface area contributed by atoms with Crippen LogP contribution >= 0.6 is 12.4 Å². The average molecular weight is 354 g/mol. The van der Waals surface area contributed by atoms with E-state index in [9.17, 15) is 4.79 Å². The summed E-state index contributed by atoms with van der Waals surface area (Å²) < 4.78 is 17.0. The third-order valence-electron chi connectivity index (χ3n) is 5.02. The van der Waals surface area contributed by atoms with E-state index in [-0.39, 0.29) is 24.5 Å². The quantitative estimate of drug-likeness (QED) is 0.666. The van der Waals surface area contributed by atoms with Crippen molar-refractivity contribution in [1.82, 2.24) is 5.32 Å². The van der Waals surface area contributed by atoms with Crippen molar-refractivity contribution in [3.05, 3.63) is 23.8 Å². The summed E-state index contributed by atoms with van der Waals surface area (Å²) >= 11 is 0. The van der Waals surface area contributed by atoms with E-state index in [0.717, 1.165) is 24.2 Å². The van der Waals surface area contributed by atoms with Gasteiger partial charge in [0, 0.05) is 31.2 Å². The number of carbonyl (C=O) groups excluding carboxylic acids is 1. The molecule has 24 heavy (non-hydrogen) atoms. The second kappa shape index (κ2) is 7.30. The number of rotatable bonds is 4. The lowest BCUT2D eigenvalue weighted by Gasteiger charge is -2.30. The molecular formula is C18H24ClNO4. The predicted molar refractivity (Wildman–Crippen MR) is 92.0 cm³/mol. The van der Waals surface area contributed by atoms with Gasteiger partial charge in [0.25, 0.3) is 0 Å². The van der Waals surface area contributed by atoms with Crippen molar-refractivity contribution in [3.8, 4) is 11.5 Å². The molecule has 2 fully saturated rings. The van der Waals surface area contributed by atoms with E-state index in [2.05, 4.69) is 5.32 Å². The van der Waals surface area contributed by atoms with Gasteiger partial charge in [-0.25, -0.2) is 4.79 Å². The van der Waals surface area contributed by atoms with E-state index < -0.39 is 6.10 Å². The standard InChI is InChI=1S/C18H23NO4.ClH/c1-2-21-17-7-11-3-6-14(10-16(11)23-18(17)20)22-15-8-12-4-5-13(9-15)19-12;/h3,6,10,12-13,15,17,19H,2,4-5,7-9H2,1H3;1H. The van der Waals surface area contributed by atoms with E-state index in [0.29, 0.717) is 30.9 Å². The SMILES string of the molecule is CCOC1Cc2ccc(OC3CC4CCC(C3)N4)cc2OC1=O.Cl. The van der Waals surface area contributed by atoms with Gasteiger partial charge in [-0.2, -0.15) is 0 Å². The van der Waals surface area contributed by atoms with Gasteiger partial charge in [0.15, 0.2) is 6.10 Å². The predicted octanol–water partition coefficient (Wildman–Crippen LogP) is 2.64. The number of nitrogens with one attached hydrogen (secondary N) is 1. The Morgan fingerprint density at radius 1 is 1.25 bits per heavy atom. The van der Waals surface area contributed by atoms with Crippen molar-refractivity contribution >= 4 is 18.4 Å². The van der Waals surface area contributed by atoms with Crippen molar-refractivity contribution in [2.45, 2.75) is 63.3 Å². The van der Waals surface area contributed by atoms with Crippen LogP contribution in [0.4, 0.5) is 0 Å². The fourth-order valence-electron chi connectivity index (χ4n) is 3.95. The van der Waals surface area contributed by atoms with Gasteiger partial charge < -0.3 is 19.5 Å². The van der Waals surface area contributed by atoms with Crippen LogP contribution in [0, 0.1) is 0 Å². The molecule has 0 aliphatic carbocycles. The minimum Gasteiger partial charge on any atom is -0.490 e. The van der Waals surface area contributed by atoms with Crippen LogP contribution in [0.1, 0.15) is 38.2 Å². The average Bonchev–Trinajstić information content (AvgIpc) is 2.87. The van der Waals surface area contributed by atoms with Gasteiger partial charge in [0.1, 0.15) is 17.6 Å². The normalized spacial score (nSPS) is 31.0. The lowest BCUT2D eigenvalue weighted by Crippen LogP contribution is -2.42. The van der Waals surface area contributed by atoms with Crippen molar-refractivity contribution < 1.29 is 19.0 Å². The first-order chi connectivity index (χ1) is 11.2. The fraction of sp³-hybridized carbons (Fsp3) is 0.611. The lowest BCUT2D eigenvalue weighted by molar-refractivity contribution is -0.148. The summed E-state index contributed by atoms with van der Waals surface area (Å²) in [6.45, 7) is 2.39. The summed E-state index contributed by atoms with van der Waals surface area (Å²) in [5.41, 5.74) is 1.00. The second-order valence-electron chi connectivity index (χ2n) is 6.69. The summed E-state index contributed by atoms with van der Waals surface area (Å²) in [6.07, 6.45) is 4.96. The molecule has 3 aliphatic heterocycles. The Morgan fingerprint density at radius 2 is 2.00 bits per heavy atom. The van der Waals surface area contributed by atoms with Crippen molar-refractivity contribution in [3.63, 3.8) is 0 Å². The molecule has 132 valence electrons. The topological polar surface area (TPSA) is 56.8 Å². The molecule has 2 bridgehead atoms. The molecule has 0 radical (unpaired) electrons. The molecule has 0 aromatic heterocycles. The first-order valence-electron chi connectivity index (χ1n) is 8.60. The molecule has 0 saturated carbocycles. The van der Waals surface area contributed by atoms with Crippen LogP contribution in [-0.2, 0) is 16.0 Å². The number of esters is 1. The van der Waals surface area contributed by atoms with Crippen LogP contribution < -0.4 is 14.8 Å². The molecule has 3 aliphatic rings. The molecule has 2 saturated heterocycles. The number of hydrogen-bond acceptors (Lipinski definition) is 5. The third kappa shape index (κ3) is 3.53. The van der Waals surface area contributed by atoms with Gasteiger partial charge in [-0.05, 0) is 44.2 Å². The smallest absolute Gasteiger partial charge is 0.341 e. The third-order valence-corrected chi connectivity index (χ3v) is 5.02. The molecule has 0 spiro atoms. The zero-order valence-corrected chi connectivity index (χ0v) is 14.6. The summed E-state index contributed by atoms with van der Waals surface area (Å²) in [5.74, 6) is 1.09. The number of ether oxygens (including phenoxy) is 3. The fourth-order valence-corrected chi connectivity index (χ4v) is 3.95. The van der Waals surface area contributed by atoms with Gasteiger partial charge in [-0.15, -0.1) is 12.4 Å². The highest BCUT2D eigenvalue weighted by Gasteiger charge is 2.35. The highest BCUT2D eigenvalue weighted by Crippen LogP contribution is 2.33. The largest absolute Gasteiger partial charge is 0.490 e. The molecule has 3 unspecified atom stereocenters. The Morgan fingerprint density at radius 3 is 2.71 bits per heavy atom. The summed E-state index contributed by atoms with van der Waals surface area (Å²) in [4.78, 5) is 11.9. The Balaban J connectivity index is 0.00000169. The summed E-state index contributed by atoms with van der Waals surface area (Å²) in [5, 5.41) is 3.62. The van der Waals surface area contributed by atoms with E-state index in [4.69, 9.17) is 14.2 Å². The molecule has 6 heteroatoms. The molecule has 1 aromatic rings. The van der Waals surface area contributed by atoms with Crippen LogP contribution in [0.3, 0.4) is 0 Å². The Hall–Kier alpha value is -1.30. The number of halogens is 1. The van der Waals surface area contributed by atoms with Crippen LogP contribution in [0.5, 0.6) is 11.5 Å². The molecule has 4 rings (SSSR count). The van der Waals surface area contributed by atoms with Crippen molar-refractivity contribution in [1.29, 1.82) is 0 Å². The Kier molecular flexibility index (Phi) is 5.33. The number of carbonyl (C=O) groups is 1. The summed E-state index contributed by atoms with van der Waals surface area (Å²) in [6, 6.07) is 7.01. The Bertz CT molecular complexity index is 597. The molecular weight excluding hydrogens is 330 g/mol. The zero-order valence-electron chi connectivity index (χ0n) is 13.8. The monoisotopic (exact) mass is 353 g/mol. The highest BCUT2D eigenvalue weighted by molar-refractivity contribution is 5.85. The number of benzene rings is 1. The number of piperidine rings is 1. The van der Waals surface area contributed by atoms with Gasteiger partial charge in [-0.1, -0.05) is 6.07 Å². The van der Waals surface area contributed by atoms with Crippen LogP contribution in [0.2, 0.25) is 0 Å².